The molecule has 1 aromatic rings. The van der Waals surface area contributed by atoms with Crippen LogP contribution >= 0.6 is 0 Å². The Bertz CT molecular complexity index is 397. The van der Waals surface area contributed by atoms with Gasteiger partial charge in [-0.1, -0.05) is 0 Å². The molecule has 0 unspecified atom stereocenters. The molecule has 0 amide bonds. The van der Waals surface area contributed by atoms with Crippen molar-refractivity contribution >= 4 is 5.78 Å². The monoisotopic (exact) mass is 198 g/mol. The van der Waals surface area contributed by atoms with E-state index < -0.39 is 17.4 Å². The Morgan fingerprint density at radius 2 is 1.93 bits per heavy atom. The van der Waals surface area contributed by atoms with E-state index in [0.29, 0.717) is 0 Å². The van der Waals surface area contributed by atoms with E-state index in [1.54, 1.807) is 0 Å². The van der Waals surface area contributed by atoms with Crippen LogP contribution in [0.2, 0.25) is 0 Å². The summed E-state index contributed by atoms with van der Waals surface area (Å²) in [6, 6.07) is 2.11. The van der Waals surface area contributed by atoms with Crippen LogP contribution in [0.1, 0.15) is 23.2 Å². The molecule has 0 atom stereocenters. The van der Waals surface area contributed by atoms with Gasteiger partial charge < -0.3 is 5.11 Å². The Balaban J connectivity index is 2.43. The van der Waals surface area contributed by atoms with Gasteiger partial charge in [0.2, 0.25) is 5.82 Å². The highest BCUT2D eigenvalue weighted by atomic mass is 19.2. The van der Waals surface area contributed by atoms with Crippen molar-refractivity contribution in [3.63, 3.8) is 0 Å². The van der Waals surface area contributed by atoms with Crippen molar-refractivity contribution in [2.45, 2.75) is 12.8 Å². The van der Waals surface area contributed by atoms with Crippen LogP contribution in [-0.4, -0.2) is 10.9 Å². The van der Waals surface area contributed by atoms with Crippen molar-refractivity contribution in [2.24, 2.45) is 5.92 Å². The van der Waals surface area contributed by atoms with Gasteiger partial charge in [-0.05, 0) is 25.0 Å². The molecule has 0 bridgehead atoms. The first-order chi connectivity index (χ1) is 6.61. The predicted octanol–water partition coefficient (Wildman–Crippen LogP) is 2.26. The molecule has 0 spiro atoms. The van der Waals surface area contributed by atoms with E-state index in [1.165, 1.54) is 0 Å². The second-order valence-electron chi connectivity index (χ2n) is 3.40. The first-order valence-electron chi connectivity index (χ1n) is 4.32. The van der Waals surface area contributed by atoms with Gasteiger partial charge in [0.15, 0.2) is 17.3 Å². The highest BCUT2D eigenvalue weighted by Crippen LogP contribution is 2.34. The summed E-state index contributed by atoms with van der Waals surface area (Å²) >= 11 is 0. The standard InChI is InChI=1S/C10H8F2O2/c11-8-6(10(14)5-1-2-5)3-4-7(13)9(8)12/h3-5,13H,1-2H2. The Labute approximate surface area is 79.2 Å². The minimum Gasteiger partial charge on any atom is -0.505 e. The van der Waals surface area contributed by atoms with Crippen LogP contribution in [0, 0.1) is 17.6 Å². The number of phenolic OH excluding ortho intramolecular Hbond substituents is 1. The van der Waals surface area contributed by atoms with E-state index in [1.807, 2.05) is 0 Å². The van der Waals surface area contributed by atoms with Gasteiger partial charge in [0.1, 0.15) is 0 Å². The minimum atomic E-state index is -1.35. The summed E-state index contributed by atoms with van der Waals surface area (Å²) < 4.78 is 26.0. The number of ketones is 1. The molecule has 1 aromatic carbocycles. The topological polar surface area (TPSA) is 37.3 Å². The zero-order valence-electron chi connectivity index (χ0n) is 7.26. The number of carbonyl (C=O) groups excluding carboxylic acids is 1. The molecule has 0 saturated heterocycles. The SMILES string of the molecule is O=C(c1ccc(O)c(F)c1F)C1CC1. The Hall–Kier alpha value is -1.45. The lowest BCUT2D eigenvalue weighted by Gasteiger charge is -2.02. The van der Waals surface area contributed by atoms with E-state index in [-0.39, 0.29) is 17.3 Å². The number of hydrogen-bond acceptors (Lipinski definition) is 2. The average molecular weight is 198 g/mol. The highest BCUT2D eigenvalue weighted by Gasteiger charge is 2.33. The lowest BCUT2D eigenvalue weighted by atomic mass is 10.1. The summed E-state index contributed by atoms with van der Waals surface area (Å²) in [5, 5.41) is 8.83. The lowest BCUT2D eigenvalue weighted by molar-refractivity contribution is 0.0962. The van der Waals surface area contributed by atoms with Gasteiger partial charge in [-0.3, -0.25) is 4.79 Å². The normalized spacial score (nSPS) is 15.6. The summed E-state index contributed by atoms with van der Waals surface area (Å²) in [4.78, 5) is 11.4. The number of benzene rings is 1. The first-order valence-corrected chi connectivity index (χ1v) is 4.32. The smallest absolute Gasteiger partial charge is 0.201 e. The summed E-state index contributed by atoms with van der Waals surface area (Å²) in [7, 11) is 0. The number of halogens is 2. The third kappa shape index (κ3) is 1.36. The van der Waals surface area contributed by atoms with E-state index in [9.17, 15) is 13.6 Å². The molecule has 4 heteroatoms. The Morgan fingerprint density at radius 3 is 2.50 bits per heavy atom. The third-order valence-electron chi connectivity index (χ3n) is 2.28. The van der Waals surface area contributed by atoms with Crippen molar-refractivity contribution in [3.05, 3.63) is 29.3 Å². The van der Waals surface area contributed by atoms with Gasteiger partial charge in [0.05, 0.1) is 5.56 Å². The molecule has 2 nitrogen and oxygen atoms in total. The first kappa shape index (κ1) is 9.12. The number of Topliss-reactive ketones (excluding diaryl/α,β-unsaturated/α-hetero) is 1. The molecule has 2 rings (SSSR count). The fourth-order valence-electron chi connectivity index (χ4n) is 1.30. The molecular formula is C10H8F2O2. The largest absolute Gasteiger partial charge is 0.505 e. The molecule has 0 aliphatic heterocycles. The third-order valence-corrected chi connectivity index (χ3v) is 2.28. The lowest BCUT2D eigenvalue weighted by Crippen LogP contribution is -2.06. The van der Waals surface area contributed by atoms with Crippen molar-refractivity contribution in [1.82, 2.24) is 0 Å². The maximum absolute atomic E-state index is 13.1. The maximum Gasteiger partial charge on any atom is 0.201 e. The molecule has 0 radical (unpaired) electrons. The molecule has 1 fully saturated rings. The molecule has 0 heterocycles. The fourth-order valence-corrected chi connectivity index (χ4v) is 1.30. The van der Waals surface area contributed by atoms with E-state index >= 15 is 0 Å². The molecule has 1 aliphatic rings. The van der Waals surface area contributed by atoms with Gasteiger partial charge in [-0.15, -0.1) is 0 Å². The minimum absolute atomic E-state index is 0.159. The number of phenols is 1. The van der Waals surface area contributed by atoms with Crippen molar-refractivity contribution < 1.29 is 18.7 Å². The fraction of sp³-hybridized carbons (Fsp3) is 0.300. The van der Waals surface area contributed by atoms with Crippen LogP contribution in [0.5, 0.6) is 5.75 Å². The van der Waals surface area contributed by atoms with Gasteiger partial charge in [0, 0.05) is 5.92 Å². The van der Waals surface area contributed by atoms with Crippen LogP contribution < -0.4 is 0 Å². The molecule has 1 aliphatic carbocycles. The Morgan fingerprint density at radius 1 is 1.29 bits per heavy atom. The number of hydrogen-bond donors (Lipinski definition) is 1. The van der Waals surface area contributed by atoms with Gasteiger partial charge in [-0.2, -0.15) is 4.39 Å². The summed E-state index contributed by atoms with van der Waals surface area (Å²) in [5.41, 5.74) is -0.261. The molecule has 1 N–H and O–H groups in total. The predicted molar refractivity (Wildman–Crippen MR) is 45.1 cm³/mol. The number of aromatic hydroxyl groups is 1. The van der Waals surface area contributed by atoms with E-state index in [0.717, 1.165) is 25.0 Å². The molecule has 0 aromatic heterocycles. The quantitative estimate of drug-likeness (QED) is 0.740. The van der Waals surface area contributed by atoms with Gasteiger partial charge in [-0.25, -0.2) is 4.39 Å². The zero-order valence-corrected chi connectivity index (χ0v) is 7.26. The molecule has 14 heavy (non-hydrogen) atoms. The second kappa shape index (κ2) is 3.04. The van der Waals surface area contributed by atoms with Crippen molar-refractivity contribution in [1.29, 1.82) is 0 Å². The summed E-state index contributed by atoms with van der Waals surface area (Å²) in [6.07, 6.45) is 1.47. The van der Waals surface area contributed by atoms with Gasteiger partial charge >= 0.3 is 0 Å². The van der Waals surface area contributed by atoms with Crippen LogP contribution in [-0.2, 0) is 0 Å². The zero-order chi connectivity index (χ0) is 10.3. The van der Waals surface area contributed by atoms with Crippen LogP contribution in [0.3, 0.4) is 0 Å². The van der Waals surface area contributed by atoms with E-state index in [2.05, 4.69) is 0 Å². The van der Waals surface area contributed by atoms with Crippen LogP contribution in [0.4, 0.5) is 8.78 Å². The van der Waals surface area contributed by atoms with Crippen molar-refractivity contribution in [2.75, 3.05) is 0 Å². The van der Waals surface area contributed by atoms with Crippen molar-refractivity contribution in [3.8, 4) is 5.75 Å². The maximum atomic E-state index is 13.1. The number of carbonyl (C=O) groups is 1. The summed E-state index contributed by atoms with van der Waals surface area (Å²) in [6.45, 7) is 0. The number of rotatable bonds is 2. The second-order valence-corrected chi connectivity index (χ2v) is 3.40. The van der Waals surface area contributed by atoms with Crippen LogP contribution in [0.15, 0.2) is 12.1 Å². The molecule has 1 saturated carbocycles. The average Bonchev–Trinajstić information content (AvgIpc) is 2.97. The molecule has 74 valence electrons. The van der Waals surface area contributed by atoms with Crippen LogP contribution in [0.25, 0.3) is 0 Å². The highest BCUT2D eigenvalue weighted by molar-refractivity contribution is 5.99. The summed E-state index contributed by atoms with van der Waals surface area (Å²) in [5.74, 6) is -3.90. The van der Waals surface area contributed by atoms with Gasteiger partial charge in [0.25, 0.3) is 0 Å². The molecular weight excluding hydrogens is 190 g/mol. The van der Waals surface area contributed by atoms with E-state index in [4.69, 9.17) is 5.11 Å². The Kier molecular flexibility index (Phi) is 1.98.